The minimum absolute atomic E-state index is 0.210. The van der Waals surface area contributed by atoms with E-state index in [4.69, 9.17) is 5.11 Å². The van der Waals surface area contributed by atoms with Gasteiger partial charge < -0.3 is 5.11 Å². The van der Waals surface area contributed by atoms with Crippen molar-refractivity contribution < 1.29 is 9.90 Å². The van der Waals surface area contributed by atoms with E-state index in [1.54, 1.807) is 0 Å². The quantitative estimate of drug-likeness (QED) is 0.367. The van der Waals surface area contributed by atoms with Crippen LogP contribution in [0.4, 0.5) is 0 Å². The van der Waals surface area contributed by atoms with E-state index in [2.05, 4.69) is 67.7 Å². The molecule has 0 unspecified atom stereocenters. The summed E-state index contributed by atoms with van der Waals surface area (Å²) in [6.07, 6.45) is 32.5. The van der Waals surface area contributed by atoms with Crippen molar-refractivity contribution in [2.75, 3.05) is 0 Å². The minimum Gasteiger partial charge on any atom is -0.481 e. The molecule has 0 saturated carbocycles. The second-order valence-corrected chi connectivity index (χ2v) is 5.35. The van der Waals surface area contributed by atoms with Crippen LogP contribution in [-0.2, 0) is 4.79 Å². The van der Waals surface area contributed by atoms with Gasteiger partial charge in [0.2, 0.25) is 0 Å². The van der Waals surface area contributed by atoms with Crippen LogP contribution in [0.3, 0.4) is 0 Å². The number of allylic oxidation sites excluding steroid dienone is 12. The zero-order chi connectivity index (χ0) is 17.7. The van der Waals surface area contributed by atoms with Gasteiger partial charge in [0.25, 0.3) is 0 Å². The van der Waals surface area contributed by atoms with Crippen molar-refractivity contribution in [1.82, 2.24) is 0 Å². The van der Waals surface area contributed by atoms with Crippen molar-refractivity contribution in [3.8, 4) is 0 Å². The Morgan fingerprint density at radius 3 is 1.29 bits per heavy atom. The molecule has 0 aromatic rings. The molecular weight excluding hydrogens is 296 g/mol. The number of aliphatic carboxylic acids is 1. The monoisotopic (exact) mass is 328 g/mol. The highest BCUT2D eigenvalue weighted by molar-refractivity contribution is 5.66. The van der Waals surface area contributed by atoms with E-state index in [0.717, 1.165) is 38.5 Å². The van der Waals surface area contributed by atoms with Gasteiger partial charge in [0.15, 0.2) is 0 Å². The first-order valence-electron chi connectivity index (χ1n) is 8.89. The standard InChI is InChI=1S/C22H32O2/c1-2-3-4-5-6-7-8-9-10-11-12-13-14-15-16-17-18-19-20-21-22(23)24/h3-4,6-7,9-10,12-13,15-16,18-19H,2,5,8,11,14,17,20-21H2,1H3,(H,23,24)/b4-3-,7-6+,10-9-,13-12+,16-15+,19-18-. The average Bonchev–Trinajstić information content (AvgIpc) is 2.56. The Labute approximate surface area is 147 Å². The van der Waals surface area contributed by atoms with E-state index >= 15 is 0 Å². The largest absolute Gasteiger partial charge is 0.481 e. The van der Waals surface area contributed by atoms with Gasteiger partial charge in [-0.2, -0.15) is 0 Å². The van der Waals surface area contributed by atoms with Gasteiger partial charge in [-0.05, 0) is 44.9 Å². The fourth-order valence-corrected chi connectivity index (χ4v) is 1.85. The van der Waals surface area contributed by atoms with Gasteiger partial charge in [0, 0.05) is 6.42 Å². The molecule has 0 aliphatic rings. The summed E-state index contributed by atoms with van der Waals surface area (Å²) in [4.78, 5) is 10.3. The fraction of sp³-hybridized carbons (Fsp3) is 0.409. The molecule has 0 spiro atoms. The van der Waals surface area contributed by atoms with Crippen LogP contribution < -0.4 is 0 Å². The van der Waals surface area contributed by atoms with Crippen molar-refractivity contribution in [3.05, 3.63) is 72.9 Å². The maximum absolute atomic E-state index is 10.3. The third-order valence-electron chi connectivity index (χ3n) is 3.12. The maximum Gasteiger partial charge on any atom is 0.303 e. The molecule has 2 nitrogen and oxygen atoms in total. The third-order valence-corrected chi connectivity index (χ3v) is 3.12. The molecule has 0 aromatic heterocycles. The highest BCUT2D eigenvalue weighted by Gasteiger charge is 1.90. The lowest BCUT2D eigenvalue weighted by Gasteiger charge is -1.87. The summed E-state index contributed by atoms with van der Waals surface area (Å²) in [5.74, 6) is -0.741. The first-order valence-corrected chi connectivity index (χ1v) is 8.89. The van der Waals surface area contributed by atoms with E-state index in [9.17, 15) is 4.79 Å². The lowest BCUT2D eigenvalue weighted by atomic mass is 10.2. The first-order chi connectivity index (χ1) is 11.8. The average molecular weight is 328 g/mol. The molecule has 0 amide bonds. The van der Waals surface area contributed by atoms with Crippen LogP contribution >= 0.6 is 0 Å². The Bertz CT molecular complexity index is 462. The third kappa shape index (κ3) is 19.9. The predicted octanol–water partition coefficient (Wildman–Crippen LogP) is 6.55. The van der Waals surface area contributed by atoms with E-state index < -0.39 is 5.97 Å². The molecule has 0 atom stereocenters. The van der Waals surface area contributed by atoms with Gasteiger partial charge in [-0.15, -0.1) is 0 Å². The van der Waals surface area contributed by atoms with Crippen molar-refractivity contribution in [2.24, 2.45) is 0 Å². The minimum atomic E-state index is -0.741. The molecule has 0 rings (SSSR count). The van der Waals surface area contributed by atoms with E-state index in [1.165, 1.54) is 0 Å². The molecule has 0 saturated heterocycles. The second kappa shape index (κ2) is 19.0. The van der Waals surface area contributed by atoms with E-state index in [-0.39, 0.29) is 6.42 Å². The van der Waals surface area contributed by atoms with Crippen molar-refractivity contribution in [2.45, 2.75) is 58.3 Å². The number of hydrogen-bond acceptors (Lipinski definition) is 1. The van der Waals surface area contributed by atoms with E-state index in [0.29, 0.717) is 6.42 Å². The molecule has 0 aliphatic carbocycles. The summed E-state index contributed by atoms with van der Waals surface area (Å²) < 4.78 is 0. The Kier molecular flexibility index (Phi) is 17.3. The molecule has 132 valence electrons. The van der Waals surface area contributed by atoms with Crippen LogP contribution in [-0.4, -0.2) is 11.1 Å². The molecule has 0 fully saturated rings. The molecule has 0 aromatic carbocycles. The van der Waals surface area contributed by atoms with Crippen molar-refractivity contribution >= 4 is 5.97 Å². The van der Waals surface area contributed by atoms with Gasteiger partial charge >= 0.3 is 5.97 Å². The smallest absolute Gasteiger partial charge is 0.303 e. The number of hydrogen-bond donors (Lipinski definition) is 1. The van der Waals surface area contributed by atoms with Crippen molar-refractivity contribution in [3.63, 3.8) is 0 Å². The number of carboxylic acids is 1. The first kappa shape index (κ1) is 21.9. The molecule has 24 heavy (non-hydrogen) atoms. The summed E-state index contributed by atoms with van der Waals surface area (Å²) in [7, 11) is 0. The second-order valence-electron chi connectivity index (χ2n) is 5.35. The Morgan fingerprint density at radius 2 is 0.958 bits per heavy atom. The molecule has 0 aliphatic heterocycles. The zero-order valence-electron chi connectivity index (χ0n) is 14.9. The summed E-state index contributed by atoms with van der Waals surface area (Å²) >= 11 is 0. The Hall–Kier alpha value is -2.09. The van der Waals surface area contributed by atoms with Crippen LogP contribution in [0.2, 0.25) is 0 Å². The van der Waals surface area contributed by atoms with Gasteiger partial charge in [-0.1, -0.05) is 79.8 Å². The van der Waals surface area contributed by atoms with Crippen LogP contribution in [0.15, 0.2) is 72.9 Å². The lowest BCUT2D eigenvalue weighted by Crippen LogP contribution is -1.91. The van der Waals surface area contributed by atoms with Crippen LogP contribution in [0.5, 0.6) is 0 Å². The highest BCUT2D eigenvalue weighted by atomic mass is 16.4. The fourth-order valence-electron chi connectivity index (χ4n) is 1.85. The summed E-state index contributed by atoms with van der Waals surface area (Å²) in [5.41, 5.74) is 0. The number of carboxylic acid groups (broad SMARTS) is 1. The maximum atomic E-state index is 10.3. The normalized spacial score (nSPS) is 13.0. The van der Waals surface area contributed by atoms with Gasteiger partial charge in [0.05, 0.1) is 0 Å². The highest BCUT2D eigenvalue weighted by Crippen LogP contribution is 1.97. The molecule has 1 N–H and O–H groups in total. The number of rotatable bonds is 14. The molecular formula is C22H32O2. The lowest BCUT2D eigenvalue weighted by molar-refractivity contribution is -0.136. The van der Waals surface area contributed by atoms with Gasteiger partial charge in [-0.25, -0.2) is 0 Å². The van der Waals surface area contributed by atoms with Crippen LogP contribution in [0.1, 0.15) is 58.3 Å². The molecule has 0 bridgehead atoms. The summed E-state index contributed by atoms with van der Waals surface area (Å²) in [6.45, 7) is 2.15. The van der Waals surface area contributed by atoms with Crippen LogP contribution in [0, 0.1) is 0 Å². The van der Waals surface area contributed by atoms with Crippen LogP contribution in [0.25, 0.3) is 0 Å². The number of carbonyl (C=O) groups is 1. The molecule has 0 radical (unpaired) electrons. The topological polar surface area (TPSA) is 37.3 Å². The summed E-state index contributed by atoms with van der Waals surface area (Å²) in [6, 6.07) is 0. The summed E-state index contributed by atoms with van der Waals surface area (Å²) in [5, 5.41) is 8.49. The Morgan fingerprint density at radius 1 is 0.625 bits per heavy atom. The Balaban J connectivity index is 3.51. The molecule has 0 heterocycles. The van der Waals surface area contributed by atoms with E-state index in [1.807, 2.05) is 12.2 Å². The van der Waals surface area contributed by atoms with Gasteiger partial charge in [0.1, 0.15) is 0 Å². The van der Waals surface area contributed by atoms with Gasteiger partial charge in [-0.3, -0.25) is 4.79 Å². The SMILES string of the molecule is CC/C=C\C/C=C/C/C=C\C/C=C/C/C=C/C/C=C\CCC(=O)O. The van der Waals surface area contributed by atoms with Crippen molar-refractivity contribution in [1.29, 1.82) is 0 Å². The molecule has 2 heteroatoms. The predicted molar refractivity (Wildman–Crippen MR) is 105 cm³/mol. The zero-order valence-corrected chi connectivity index (χ0v) is 14.9.